The van der Waals surface area contributed by atoms with Crippen molar-refractivity contribution in [2.75, 3.05) is 11.9 Å². The maximum atomic E-state index is 12.3. The Bertz CT molecular complexity index is 1050. The molecule has 0 radical (unpaired) electrons. The number of benzene rings is 2. The number of carbonyl (C=O) groups excluding carboxylic acids is 1. The van der Waals surface area contributed by atoms with E-state index in [1.54, 1.807) is 12.5 Å². The van der Waals surface area contributed by atoms with E-state index >= 15 is 0 Å². The number of hydrogen-bond acceptors (Lipinski definition) is 3. The molecule has 4 heteroatoms. The molecule has 1 heterocycles. The minimum atomic E-state index is -0.161. The number of hydrogen-bond donors (Lipinski definition) is 1. The Hall–Kier alpha value is -3.01. The highest BCUT2D eigenvalue weighted by Crippen LogP contribution is 2.60. The Balaban J connectivity index is 1.05. The second-order valence-corrected chi connectivity index (χ2v) is 10.1. The van der Waals surface area contributed by atoms with Crippen LogP contribution in [0, 0.1) is 17.8 Å². The second kappa shape index (κ2) is 7.84. The van der Waals surface area contributed by atoms with E-state index < -0.39 is 0 Å². The van der Waals surface area contributed by atoms with Crippen LogP contribution in [0.25, 0.3) is 11.1 Å². The Kier molecular flexibility index (Phi) is 4.82. The van der Waals surface area contributed by atoms with E-state index in [9.17, 15) is 4.79 Å². The van der Waals surface area contributed by atoms with Crippen LogP contribution in [0.15, 0.2) is 71.5 Å². The zero-order chi connectivity index (χ0) is 21.5. The van der Waals surface area contributed by atoms with Gasteiger partial charge in [0.15, 0.2) is 6.61 Å². The lowest BCUT2D eigenvalue weighted by Gasteiger charge is -2.57. The van der Waals surface area contributed by atoms with Crippen molar-refractivity contribution in [2.24, 2.45) is 17.8 Å². The molecule has 7 rings (SSSR count). The number of ether oxygens (including phenoxy) is 1. The molecule has 0 aliphatic heterocycles. The third kappa shape index (κ3) is 3.72. The third-order valence-electron chi connectivity index (χ3n) is 7.90. The van der Waals surface area contributed by atoms with Crippen LogP contribution < -0.4 is 10.1 Å². The van der Waals surface area contributed by atoms with Gasteiger partial charge in [0, 0.05) is 11.3 Å². The van der Waals surface area contributed by atoms with E-state index in [1.165, 1.54) is 44.1 Å². The largest absolute Gasteiger partial charge is 0.484 e. The minimum absolute atomic E-state index is 0.000192. The summed E-state index contributed by atoms with van der Waals surface area (Å²) < 4.78 is 10.9. The summed E-state index contributed by atoms with van der Waals surface area (Å²) in [6, 6.07) is 18.2. The van der Waals surface area contributed by atoms with Gasteiger partial charge in [-0.2, -0.15) is 0 Å². The summed E-state index contributed by atoms with van der Waals surface area (Å²) in [6.07, 6.45) is 11.8. The van der Waals surface area contributed by atoms with Crippen LogP contribution >= 0.6 is 0 Å². The van der Waals surface area contributed by atoms with E-state index in [4.69, 9.17) is 9.15 Å². The molecule has 4 aliphatic carbocycles. The van der Waals surface area contributed by atoms with E-state index in [1.807, 2.05) is 42.5 Å². The van der Waals surface area contributed by atoms with Crippen molar-refractivity contribution in [3.05, 3.63) is 72.7 Å². The highest BCUT2D eigenvalue weighted by Gasteiger charge is 2.51. The van der Waals surface area contributed by atoms with Gasteiger partial charge >= 0.3 is 0 Å². The summed E-state index contributed by atoms with van der Waals surface area (Å²) in [4.78, 5) is 12.3. The summed E-state index contributed by atoms with van der Waals surface area (Å²) in [5.41, 5.74) is 4.69. The normalized spacial score (nSPS) is 27.9. The molecule has 4 bridgehead atoms. The molecule has 0 saturated heterocycles. The van der Waals surface area contributed by atoms with Crippen LogP contribution in [0.2, 0.25) is 0 Å². The monoisotopic (exact) mass is 427 g/mol. The first-order valence-electron chi connectivity index (χ1n) is 11.8. The van der Waals surface area contributed by atoms with Gasteiger partial charge in [-0.1, -0.05) is 24.3 Å². The van der Waals surface area contributed by atoms with E-state index in [0.717, 1.165) is 40.3 Å². The van der Waals surface area contributed by atoms with Crippen LogP contribution in [0.1, 0.15) is 44.1 Å². The number of anilines is 1. The lowest BCUT2D eigenvalue weighted by molar-refractivity contribution is -0.118. The molecule has 4 saturated carbocycles. The fourth-order valence-electron chi connectivity index (χ4n) is 6.89. The molecule has 4 nitrogen and oxygen atoms in total. The van der Waals surface area contributed by atoms with Crippen LogP contribution in [0.4, 0.5) is 5.69 Å². The third-order valence-corrected chi connectivity index (χ3v) is 7.90. The van der Waals surface area contributed by atoms with Gasteiger partial charge in [0.1, 0.15) is 5.75 Å². The van der Waals surface area contributed by atoms with Gasteiger partial charge in [0.25, 0.3) is 5.91 Å². The second-order valence-electron chi connectivity index (χ2n) is 10.1. The Labute approximate surface area is 189 Å². The summed E-state index contributed by atoms with van der Waals surface area (Å²) in [6.45, 7) is 0.000192. The van der Waals surface area contributed by atoms with Crippen LogP contribution in [-0.2, 0) is 10.2 Å². The van der Waals surface area contributed by atoms with Crippen molar-refractivity contribution >= 4 is 11.6 Å². The summed E-state index contributed by atoms with van der Waals surface area (Å²) >= 11 is 0. The first-order chi connectivity index (χ1) is 15.6. The Morgan fingerprint density at radius 2 is 1.53 bits per heavy atom. The molecule has 3 aromatic rings. The molecule has 0 atom stereocenters. The average molecular weight is 428 g/mol. The van der Waals surface area contributed by atoms with Gasteiger partial charge in [0.05, 0.1) is 12.5 Å². The number of furan rings is 1. The molecule has 1 N–H and O–H groups in total. The topological polar surface area (TPSA) is 51.5 Å². The fraction of sp³-hybridized carbons (Fsp3) is 0.393. The van der Waals surface area contributed by atoms with Crippen molar-refractivity contribution in [1.29, 1.82) is 0 Å². The number of nitrogens with one attached hydrogen (secondary N) is 1. The molecule has 2 aromatic carbocycles. The lowest BCUT2D eigenvalue weighted by Crippen LogP contribution is -2.48. The van der Waals surface area contributed by atoms with Crippen LogP contribution in [-0.4, -0.2) is 12.5 Å². The van der Waals surface area contributed by atoms with E-state index in [2.05, 4.69) is 17.4 Å². The maximum absolute atomic E-state index is 12.3. The fourth-order valence-corrected chi connectivity index (χ4v) is 6.89. The Morgan fingerprint density at radius 1 is 0.875 bits per heavy atom. The van der Waals surface area contributed by atoms with Crippen molar-refractivity contribution in [3.8, 4) is 16.9 Å². The first-order valence-corrected chi connectivity index (χ1v) is 11.8. The van der Waals surface area contributed by atoms with Crippen LogP contribution in [0.3, 0.4) is 0 Å². The standard InChI is InChI=1S/C28H29NO3/c30-27(29-25-5-1-22(2-6-25)23-9-10-31-17-23)18-32-26-7-3-24(4-8-26)28-14-19-11-20(15-28)13-21(12-19)16-28/h1-10,17,19-21H,11-16,18H2,(H,29,30). The molecule has 1 amide bonds. The maximum Gasteiger partial charge on any atom is 0.262 e. The molecule has 164 valence electrons. The molecule has 0 unspecified atom stereocenters. The average Bonchev–Trinajstić information content (AvgIpc) is 3.33. The molecule has 4 fully saturated rings. The lowest BCUT2D eigenvalue weighted by atomic mass is 9.48. The molecule has 0 spiro atoms. The van der Waals surface area contributed by atoms with Gasteiger partial charge < -0.3 is 14.5 Å². The summed E-state index contributed by atoms with van der Waals surface area (Å²) in [7, 11) is 0. The molecular weight excluding hydrogens is 398 g/mol. The van der Waals surface area contributed by atoms with Crippen molar-refractivity contribution < 1.29 is 13.9 Å². The predicted octanol–water partition coefficient (Wildman–Crippen LogP) is 6.43. The number of amides is 1. The zero-order valence-corrected chi connectivity index (χ0v) is 18.3. The quantitative estimate of drug-likeness (QED) is 0.493. The van der Waals surface area contributed by atoms with Gasteiger partial charge in [-0.3, -0.25) is 4.79 Å². The molecule has 4 aliphatic rings. The van der Waals surface area contributed by atoms with E-state index in [-0.39, 0.29) is 12.5 Å². The minimum Gasteiger partial charge on any atom is -0.484 e. The SMILES string of the molecule is O=C(COc1ccc(C23CC4CC(CC(C4)C2)C3)cc1)Nc1ccc(-c2ccoc2)cc1. The van der Waals surface area contributed by atoms with Crippen molar-refractivity contribution in [3.63, 3.8) is 0 Å². The Morgan fingerprint density at radius 3 is 2.12 bits per heavy atom. The van der Waals surface area contributed by atoms with Gasteiger partial charge in [-0.25, -0.2) is 0 Å². The predicted molar refractivity (Wildman–Crippen MR) is 125 cm³/mol. The van der Waals surface area contributed by atoms with Gasteiger partial charge in [-0.15, -0.1) is 0 Å². The highest BCUT2D eigenvalue weighted by molar-refractivity contribution is 5.92. The number of rotatable bonds is 6. The summed E-state index contributed by atoms with van der Waals surface area (Å²) in [5, 5.41) is 2.90. The highest BCUT2D eigenvalue weighted by atomic mass is 16.5. The molecule has 1 aromatic heterocycles. The smallest absolute Gasteiger partial charge is 0.262 e. The van der Waals surface area contributed by atoms with Crippen LogP contribution in [0.5, 0.6) is 5.75 Å². The molecular formula is C28H29NO3. The van der Waals surface area contributed by atoms with Gasteiger partial charge in [0.2, 0.25) is 0 Å². The summed E-state index contributed by atoms with van der Waals surface area (Å²) in [5.74, 6) is 3.41. The van der Waals surface area contributed by atoms with Crippen molar-refractivity contribution in [2.45, 2.75) is 43.9 Å². The van der Waals surface area contributed by atoms with Crippen molar-refractivity contribution in [1.82, 2.24) is 0 Å². The van der Waals surface area contributed by atoms with Gasteiger partial charge in [-0.05, 0) is 103 Å². The van der Waals surface area contributed by atoms with E-state index in [0.29, 0.717) is 5.41 Å². The first kappa shape index (κ1) is 19.7. The zero-order valence-electron chi connectivity index (χ0n) is 18.3. The number of carbonyl (C=O) groups is 1. The molecule has 32 heavy (non-hydrogen) atoms.